The lowest BCUT2D eigenvalue weighted by atomic mass is 10.0. The topological polar surface area (TPSA) is 48.4 Å². The van der Waals surface area contributed by atoms with Gasteiger partial charge < -0.3 is 14.9 Å². The zero-order chi connectivity index (χ0) is 15.0. The Morgan fingerprint density at radius 3 is 2.76 bits per heavy atom. The van der Waals surface area contributed by atoms with E-state index in [-0.39, 0.29) is 6.04 Å². The highest BCUT2D eigenvalue weighted by atomic mass is 79.9. The van der Waals surface area contributed by atoms with Crippen LogP contribution in [0.2, 0.25) is 0 Å². The molecule has 0 fully saturated rings. The Hall–Kier alpha value is -1.78. The Morgan fingerprint density at radius 1 is 1.19 bits per heavy atom. The summed E-state index contributed by atoms with van der Waals surface area (Å²) in [6, 6.07) is 13.5. The largest absolute Gasteiger partial charge is 0.497 e. The first-order valence-corrected chi connectivity index (χ1v) is 7.47. The lowest BCUT2D eigenvalue weighted by molar-refractivity contribution is 0.413. The number of furan rings is 1. The molecule has 0 saturated carbocycles. The molecule has 1 aromatic heterocycles. The number of nitrogens with two attached hydrogens (primary N) is 1. The van der Waals surface area contributed by atoms with Gasteiger partial charge in [-0.05, 0) is 42.8 Å². The van der Waals surface area contributed by atoms with Gasteiger partial charge in [0.05, 0.1) is 13.2 Å². The molecular formula is C17H16BrNO2. The molecule has 4 heteroatoms. The minimum atomic E-state index is -0.314. The van der Waals surface area contributed by atoms with E-state index in [0.29, 0.717) is 0 Å². The lowest BCUT2D eigenvalue weighted by Crippen LogP contribution is -2.12. The maximum Gasteiger partial charge on any atom is 0.135 e. The molecular weight excluding hydrogens is 330 g/mol. The van der Waals surface area contributed by atoms with E-state index in [1.165, 1.54) is 0 Å². The summed E-state index contributed by atoms with van der Waals surface area (Å²) in [4.78, 5) is 0. The number of fused-ring (bicyclic) bond motifs is 1. The number of rotatable bonds is 3. The predicted molar refractivity (Wildman–Crippen MR) is 87.7 cm³/mol. The number of benzene rings is 2. The smallest absolute Gasteiger partial charge is 0.135 e. The van der Waals surface area contributed by atoms with Crippen molar-refractivity contribution in [3.8, 4) is 5.75 Å². The van der Waals surface area contributed by atoms with E-state index >= 15 is 0 Å². The molecule has 3 aromatic rings. The van der Waals surface area contributed by atoms with Crippen molar-refractivity contribution in [3.05, 3.63) is 63.8 Å². The number of halogens is 1. The first-order valence-electron chi connectivity index (χ1n) is 6.68. The summed E-state index contributed by atoms with van der Waals surface area (Å²) in [5.41, 5.74) is 9.27. The summed E-state index contributed by atoms with van der Waals surface area (Å²) in [5, 5.41) is 1.09. The minimum Gasteiger partial charge on any atom is -0.497 e. The maximum absolute atomic E-state index is 6.38. The first-order chi connectivity index (χ1) is 10.1. The molecule has 21 heavy (non-hydrogen) atoms. The standard InChI is InChI=1S/C17H16BrNO2/c1-10-14-7-6-12(18)9-15(14)21-17(10)16(19)11-4-3-5-13(8-11)20-2/h3-9,16H,19H2,1-2H3. The Balaban J connectivity index is 2.08. The third-order valence-electron chi connectivity index (χ3n) is 3.67. The second-order valence-corrected chi connectivity index (χ2v) is 5.90. The molecule has 0 saturated heterocycles. The SMILES string of the molecule is COc1cccc(C(N)c2oc3cc(Br)ccc3c2C)c1. The average Bonchev–Trinajstić information content (AvgIpc) is 2.83. The average molecular weight is 346 g/mol. The van der Waals surface area contributed by atoms with E-state index < -0.39 is 0 Å². The minimum absolute atomic E-state index is 0.314. The van der Waals surface area contributed by atoms with Gasteiger partial charge in [-0.1, -0.05) is 28.1 Å². The molecule has 108 valence electrons. The van der Waals surface area contributed by atoms with Gasteiger partial charge in [-0.3, -0.25) is 0 Å². The van der Waals surface area contributed by atoms with Crippen LogP contribution in [0, 0.1) is 6.92 Å². The molecule has 1 unspecified atom stereocenters. The van der Waals surface area contributed by atoms with Crippen LogP contribution in [0.15, 0.2) is 51.4 Å². The van der Waals surface area contributed by atoms with Crippen molar-refractivity contribution >= 4 is 26.9 Å². The zero-order valence-electron chi connectivity index (χ0n) is 11.9. The quantitative estimate of drug-likeness (QED) is 0.756. The lowest BCUT2D eigenvalue weighted by Gasteiger charge is -2.11. The molecule has 0 radical (unpaired) electrons. The van der Waals surface area contributed by atoms with Gasteiger partial charge in [0.2, 0.25) is 0 Å². The molecule has 1 heterocycles. The van der Waals surface area contributed by atoms with E-state index in [9.17, 15) is 0 Å². The second kappa shape index (κ2) is 5.54. The van der Waals surface area contributed by atoms with Crippen LogP contribution < -0.4 is 10.5 Å². The molecule has 1 atom stereocenters. The highest BCUT2D eigenvalue weighted by Crippen LogP contribution is 2.33. The van der Waals surface area contributed by atoms with E-state index in [2.05, 4.69) is 15.9 Å². The Labute approximate surface area is 131 Å². The Morgan fingerprint density at radius 2 is 2.00 bits per heavy atom. The molecule has 0 aliphatic heterocycles. The van der Waals surface area contributed by atoms with Crippen molar-refractivity contribution in [3.63, 3.8) is 0 Å². The summed E-state index contributed by atoms with van der Waals surface area (Å²) in [6.07, 6.45) is 0. The molecule has 0 spiro atoms. The number of aryl methyl sites for hydroxylation is 1. The highest BCUT2D eigenvalue weighted by Gasteiger charge is 2.19. The number of hydrogen-bond donors (Lipinski definition) is 1. The monoisotopic (exact) mass is 345 g/mol. The van der Waals surface area contributed by atoms with Crippen LogP contribution in [0.4, 0.5) is 0 Å². The van der Waals surface area contributed by atoms with Crippen LogP contribution in [0.25, 0.3) is 11.0 Å². The highest BCUT2D eigenvalue weighted by molar-refractivity contribution is 9.10. The van der Waals surface area contributed by atoms with E-state index in [1.807, 2.05) is 49.4 Å². The second-order valence-electron chi connectivity index (χ2n) is 4.99. The molecule has 2 N–H and O–H groups in total. The fourth-order valence-corrected chi connectivity index (χ4v) is 2.84. The van der Waals surface area contributed by atoms with Crippen molar-refractivity contribution in [1.29, 1.82) is 0 Å². The van der Waals surface area contributed by atoms with E-state index in [4.69, 9.17) is 14.9 Å². The number of methoxy groups -OCH3 is 1. The van der Waals surface area contributed by atoms with Gasteiger partial charge in [0, 0.05) is 15.4 Å². The van der Waals surface area contributed by atoms with Crippen LogP contribution in [0.5, 0.6) is 5.75 Å². The van der Waals surface area contributed by atoms with Crippen LogP contribution in [0.1, 0.15) is 22.9 Å². The normalized spacial score (nSPS) is 12.6. The molecule has 2 aromatic carbocycles. The fourth-order valence-electron chi connectivity index (χ4n) is 2.50. The number of hydrogen-bond acceptors (Lipinski definition) is 3. The number of ether oxygens (including phenoxy) is 1. The predicted octanol–water partition coefficient (Wildman–Crippen LogP) is 4.56. The van der Waals surface area contributed by atoms with Gasteiger partial charge in [-0.15, -0.1) is 0 Å². The third kappa shape index (κ3) is 2.57. The molecule has 0 amide bonds. The molecule has 0 aliphatic carbocycles. The van der Waals surface area contributed by atoms with Crippen molar-refractivity contribution in [1.82, 2.24) is 0 Å². The zero-order valence-corrected chi connectivity index (χ0v) is 13.5. The van der Waals surface area contributed by atoms with E-state index in [1.54, 1.807) is 7.11 Å². The van der Waals surface area contributed by atoms with Crippen LogP contribution in [0.3, 0.4) is 0 Å². The van der Waals surface area contributed by atoms with Crippen LogP contribution in [-0.2, 0) is 0 Å². The van der Waals surface area contributed by atoms with Crippen LogP contribution >= 0.6 is 15.9 Å². The third-order valence-corrected chi connectivity index (χ3v) is 4.17. The summed E-state index contributed by atoms with van der Waals surface area (Å²) < 4.78 is 12.2. The summed E-state index contributed by atoms with van der Waals surface area (Å²) in [5.74, 6) is 1.58. The van der Waals surface area contributed by atoms with Gasteiger partial charge >= 0.3 is 0 Å². The molecule has 0 bridgehead atoms. The maximum atomic E-state index is 6.38. The first kappa shape index (κ1) is 14.2. The molecule has 0 aliphatic rings. The molecule has 3 rings (SSSR count). The van der Waals surface area contributed by atoms with Crippen molar-refractivity contribution in [2.45, 2.75) is 13.0 Å². The summed E-state index contributed by atoms with van der Waals surface area (Å²) in [7, 11) is 1.65. The Bertz CT molecular complexity index is 795. The summed E-state index contributed by atoms with van der Waals surface area (Å²) >= 11 is 3.46. The van der Waals surface area contributed by atoms with Crippen molar-refractivity contribution in [2.24, 2.45) is 5.73 Å². The van der Waals surface area contributed by atoms with Gasteiger partial charge in [0.25, 0.3) is 0 Å². The fraction of sp³-hybridized carbons (Fsp3) is 0.176. The van der Waals surface area contributed by atoms with Crippen molar-refractivity contribution in [2.75, 3.05) is 7.11 Å². The van der Waals surface area contributed by atoms with Gasteiger partial charge in [0.15, 0.2) is 0 Å². The van der Waals surface area contributed by atoms with Gasteiger partial charge in [-0.25, -0.2) is 0 Å². The van der Waals surface area contributed by atoms with Crippen molar-refractivity contribution < 1.29 is 9.15 Å². The van der Waals surface area contributed by atoms with Gasteiger partial charge in [-0.2, -0.15) is 0 Å². The molecule has 3 nitrogen and oxygen atoms in total. The van der Waals surface area contributed by atoms with E-state index in [0.717, 1.165) is 38.1 Å². The van der Waals surface area contributed by atoms with Gasteiger partial charge in [0.1, 0.15) is 17.1 Å². The summed E-state index contributed by atoms with van der Waals surface area (Å²) in [6.45, 7) is 2.04. The Kier molecular flexibility index (Phi) is 3.74. The van der Waals surface area contributed by atoms with Crippen LogP contribution in [-0.4, -0.2) is 7.11 Å².